The van der Waals surface area contributed by atoms with Crippen LogP contribution in [0.15, 0.2) is 30.5 Å². The monoisotopic (exact) mass is 241 g/mol. The third-order valence-corrected chi connectivity index (χ3v) is 3.60. The number of piperidine rings is 1. The second kappa shape index (κ2) is 4.94. The first kappa shape index (κ1) is 11.5. The van der Waals surface area contributed by atoms with Crippen molar-refractivity contribution in [2.24, 2.45) is 0 Å². The number of benzene rings is 1. The molecule has 2 N–H and O–H groups in total. The van der Waals surface area contributed by atoms with E-state index in [9.17, 15) is 0 Å². The van der Waals surface area contributed by atoms with E-state index in [1.165, 1.54) is 30.4 Å². The van der Waals surface area contributed by atoms with Crippen LogP contribution in [0.3, 0.4) is 0 Å². The first-order valence-corrected chi connectivity index (χ1v) is 6.68. The number of hydrogen-bond donors (Lipinski definition) is 2. The fraction of sp³-hybridized carbons (Fsp3) is 0.400. The van der Waals surface area contributed by atoms with Crippen LogP contribution >= 0.6 is 0 Å². The molecule has 1 aromatic carbocycles. The van der Waals surface area contributed by atoms with Crippen LogP contribution in [0, 0.1) is 6.92 Å². The van der Waals surface area contributed by atoms with E-state index in [2.05, 4.69) is 46.5 Å². The van der Waals surface area contributed by atoms with Crippen LogP contribution in [-0.2, 0) is 0 Å². The molecular formula is C15H19N3. The summed E-state index contributed by atoms with van der Waals surface area (Å²) in [6.45, 7) is 3.21. The quantitative estimate of drug-likeness (QED) is 0.847. The van der Waals surface area contributed by atoms with E-state index >= 15 is 0 Å². The van der Waals surface area contributed by atoms with Crippen LogP contribution in [-0.4, -0.2) is 16.5 Å². The van der Waals surface area contributed by atoms with Crippen molar-refractivity contribution >= 4 is 0 Å². The maximum absolute atomic E-state index is 4.52. The van der Waals surface area contributed by atoms with Crippen molar-refractivity contribution in [3.63, 3.8) is 0 Å². The normalized spacial score (nSPS) is 19.9. The lowest BCUT2D eigenvalue weighted by atomic mass is 10.0. The molecule has 1 aromatic heterocycles. The summed E-state index contributed by atoms with van der Waals surface area (Å²) in [6.07, 6.45) is 5.69. The predicted molar refractivity (Wildman–Crippen MR) is 73.4 cm³/mol. The van der Waals surface area contributed by atoms with Gasteiger partial charge in [0.15, 0.2) is 0 Å². The van der Waals surface area contributed by atoms with Gasteiger partial charge in [-0.05, 0) is 31.9 Å². The predicted octanol–water partition coefficient (Wildman–Crippen LogP) is 3.20. The van der Waals surface area contributed by atoms with Gasteiger partial charge >= 0.3 is 0 Å². The van der Waals surface area contributed by atoms with Gasteiger partial charge in [0.25, 0.3) is 0 Å². The van der Waals surface area contributed by atoms with Gasteiger partial charge in [-0.1, -0.05) is 36.2 Å². The summed E-state index contributed by atoms with van der Waals surface area (Å²) in [6, 6.07) is 8.95. The van der Waals surface area contributed by atoms with Gasteiger partial charge in [0.05, 0.1) is 17.9 Å². The first-order valence-electron chi connectivity index (χ1n) is 6.68. The van der Waals surface area contributed by atoms with E-state index in [4.69, 9.17) is 0 Å². The molecule has 0 bridgehead atoms. The number of nitrogens with zero attached hydrogens (tertiary/aromatic N) is 1. The van der Waals surface area contributed by atoms with Crippen LogP contribution in [0.1, 0.15) is 36.7 Å². The smallest absolute Gasteiger partial charge is 0.123 e. The van der Waals surface area contributed by atoms with E-state index in [0.717, 1.165) is 18.1 Å². The molecule has 1 saturated heterocycles. The molecule has 3 nitrogen and oxygen atoms in total. The fourth-order valence-electron chi connectivity index (χ4n) is 2.48. The number of aromatic nitrogens is 2. The largest absolute Gasteiger partial charge is 0.341 e. The molecule has 0 spiro atoms. The zero-order valence-corrected chi connectivity index (χ0v) is 10.7. The summed E-state index contributed by atoms with van der Waals surface area (Å²) in [5, 5.41) is 3.52. The van der Waals surface area contributed by atoms with Gasteiger partial charge in [0.1, 0.15) is 5.82 Å². The minimum atomic E-state index is 0.401. The Bertz CT molecular complexity index is 507. The molecule has 18 heavy (non-hydrogen) atoms. The average Bonchev–Trinajstić information content (AvgIpc) is 2.90. The SMILES string of the molecule is Cc1ccc(-c2cnc([C@@H]3CCCCN3)[nH]2)cc1. The Morgan fingerprint density at radius 2 is 2.00 bits per heavy atom. The highest BCUT2D eigenvalue weighted by Gasteiger charge is 2.17. The molecule has 1 atom stereocenters. The van der Waals surface area contributed by atoms with Gasteiger partial charge in [-0.15, -0.1) is 0 Å². The van der Waals surface area contributed by atoms with Gasteiger partial charge in [-0.2, -0.15) is 0 Å². The zero-order valence-electron chi connectivity index (χ0n) is 10.7. The van der Waals surface area contributed by atoms with E-state index in [1.54, 1.807) is 0 Å². The summed E-state index contributed by atoms with van der Waals surface area (Å²) in [4.78, 5) is 7.97. The van der Waals surface area contributed by atoms with Gasteiger partial charge in [0, 0.05) is 0 Å². The van der Waals surface area contributed by atoms with Crippen LogP contribution in [0.5, 0.6) is 0 Å². The molecule has 3 heteroatoms. The molecule has 94 valence electrons. The minimum Gasteiger partial charge on any atom is -0.341 e. The fourth-order valence-corrected chi connectivity index (χ4v) is 2.48. The molecule has 2 aromatic rings. The van der Waals surface area contributed by atoms with E-state index in [0.29, 0.717) is 6.04 Å². The molecule has 1 fully saturated rings. The molecule has 2 heterocycles. The van der Waals surface area contributed by atoms with Crippen LogP contribution < -0.4 is 5.32 Å². The summed E-state index contributed by atoms with van der Waals surface area (Å²) in [5.74, 6) is 1.07. The van der Waals surface area contributed by atoms with Crippen molar-refractivity contribution in [2.45, 2.75) is 32.2 Å². The Balaban J connectivity index is 1.82. The number of nitrogens with one attached hydrogen (secondary N) is 2. The Labute approximate surface area is 108 Å². The van der Waals surface area contributed by atoms with Crippen molar-refractivity contribution in [2.75, 3.05) is 6.54 Å². The summed E-state index contributed by atoms with van der Waals surface area (Å²) >= 11 is 0. The summed E-state index contributed by atoms with van der Waals surface area (Å²) < 4.78 is 0. The lowest BCUT2D eigenvalue weighted by molar-refractivity contribution is 0.399. The topological polar surface area (TPSA) is 40.7 Å². The van der Waals surface area contributed by atoms with E-state index < -0.39 is 0 Å². The minimum absolute atomic E-state index is 0.401. The van der Waals surface area contributed by atoms with Gasteiger partial charge < -0.3 is 10.3 Å². The summed E-state index contributed by atoms with van der Waals surface area (Å²) in [5.41, 5.74) is 3.60. The number of H-pyrrole nitrogens is 1. The van der Waals surface area contributed by atoms with Crippen molar-refractivity contribution < 1.29 is 0 Å². The molecule has 0 amide bonds. The van der Waals surface area contributed by atoms with Crippen LogP contribution in [0.25, 0.3) is 11.3 Å². The average molecular weight is 241 g/mol. The molecule has 3 rings (SSSR count). The standard InChI is InChI=1S/C15H19N3/c1-11-5-7-12(8-6-11)14-10-17-15(18-14)13-4-2-3-9-16-13/h5-8,10,13,16H,2-4,9H2,1H3,(H,17,18)/t13-/m0/s1. The molecule has 0 radical (unpaired) electrons. The Morgan fingerprint density at radius 1 is 1.17 bits per heavy atom. The summed E-state index contributed by atoms with van der Waals surface area (Å²) in [7, 11) is 0. The maximum Gasteiger partial charge on any atom is 0.123 e. The molecule has 0 aliphatic carbocycles. The third-order valence-electron chi connectivity index (χ3n) is 3.60. The molecule has 0 saturated carbocycles. The number of imidazole rings is 1. The lowest BCUT2D eigenvalue weighted by Crippen LogP contribution is -2.27. The lowest BCUT2D eigenvalue weighted by Gasteiger charge is -2.21. The van der Waals surface area contributed by atoms with Gasteiger partial charge in [-0.3, -0.25) is 0 Å². The maximum atomic E-state index is 4.52. The zero-order chi connectivity index (χ0) is 12.4. The number of rotatable bonds is 2. The van der Waals surface area contributed by atoms with Crippen molar-refractivity contribution in [1.29, 1.82) is 0 Å². The number of aryl methyl sites for hydroxylation is 1. The second-order valence-electron chi connectivity index (χ2n) is 5.05. The van der Waals surface area contributed by atoms with Crippen LogP contribution in [0.2, 0.25) is 0 Å². The molecule has 1 aliphatic heterocycles. The van der Waals surface area contributed by atoms with Crippen LogP contribution in [0.4, 0.5) is 0 Å². The van der Waals surface area contributed by atoms with Crippen molar-refractivity contribution in [3.8, 4) is 11.3 Å². The molecular weight excluding hydrogens is 222 g/mol. The molecule has 1 aliphatic rings. The van der Waals surface area contributed by atoms with E-state index in [1.807, 2.05) is 6.20 Å². The van der Waals surface area contributed by atoms with Crippen molar-refractivity contribution in [3.05, 3.63) is 41.9 Å². The Hall–Kier alpha value is -1.61. The second-order valence-corrected chi connectivity index (χ2v) is 5.05. The number of aromatic amines is 1. The Kier molecular flexibility index (Phi) is 3.15. The van der Waals surface area contributed by atoms with E-state index in [-0.39, 0.29) is 0 Å². The highest BCUT2D eigenvalue weighted by Crippen LogP contribution is 2.24. The van der Waals surface area contributed by atoms with Crippen molar-refractivity contribution in [1.82, 2.24) is 15.3 Å². The van der Waals surface area contributed by atoms with Gasteiger partial charge in [0.2, 0.25) is 0 Å². The third kappa shape index (κ3) is 2.31. The molecule has 0 unspecified atom stereocenters. The number of hydrogen-bond acceptors (Lipinski definition) is 2. The first-order chi connectivity index (χ1) is 8.83. The highest BCUT2D eigenvalue weighted by atomic mass is 15.0. The van der Waals surface area contributed by atoms with Gasteiger partial charge in [-0.25, -0.2) is 4.98 Å². The Morgan fingerprint density at radius 3 is 2.72 bits per heavy atom. The highest BCUT2D eigenvalue weighted by molar-refractivity contribution is 5.58.